The molecule has 0 unspecified atom stereocenters. The summed E-state index contributed by atoms with van der Waals surface area (Å²) in [6.07, 6.45) is -4.16. The molecular weight excluding hydrogens is 219 g/mol. The predicted molar refractivity (Wildman–Crippen MR) is 55.1 cm³/mol. The Bertz CT molecular complexity index is 399. The monoisotopic (exact) mass is 231 g/mol. The molecule has 5 heteroatoms. The smallest absolute Gasteiger partial charge is 0.326 e. The van der Waals surface area contributed by atoms with Gasteiger partial charge in [-0.2, -0.15) is 13.2 Å². The van der Waals surface area contributed by atoms with Crippen molar-refractivity contribution < 1.29 is 18.0 Å². The lowest BCUT2D eigenvalue weighted by Gasteiger charge is -2.11. The van der Waals surface area contributed by atoms with Gasteiger partial charge in [-0.05, 0) is 24.6 Å². The molecule has 0 bridgehead atoms. The molecular formula is C11H12F3NO. The Labute approximate surface area is 91.5 Å². The highest BCUT2D eigenvalue weighted by molar-refractivity contribution is 5.91. The van der Waals surface area contributed by atoms with Crippen molar-refractivity contribution in [3.63, 3.8) is 0 Å². The summed E-state index contributed by atoms with van der Waals surface area (Å²) in [6, 6.07) is 3.29. The fourth-order valence-corrected chi connectivity index (χ4v) is 1.17. The summed E-state index contributed by atoms with van der Waals surface area (Å²) < 4.78 is 37.2. The summed E-state index contributed by atoms with van der Waals surface area (Å²) >= 11 is 0. The molecule has 1 N–H and O–H groups in total. The Kier molecular flexibility index (Phi) is 3.57. The fraction of sp³-hybridized carbons (Fsp3) is 0.364. The van der Waals surface area contributed by atoms with Crippen molar-refractivity contribution in [1.29, 1.82) is 0 Å². The van der Waals surface area contributed by atoms with Crippen molar-refractivity contribution >= 4 is 11.6 Å². The van der Waals surface area contributed by atoms with Gasteiger partial charge in [-0.1, -0.05) is 13.0 Å². The van der Waals surface area contributed by atoms with Crippen LogP contribution in [0.5, 0.6) is 0 Å². The Morgan fingerprint density at radius 1 is 1.38 bits per heavy atom. The largest absolute Gasteiger partial charge is 0.416 e. The summed E-state index contributed by atoms with van der Waals surface area (Å²) in [6.45, 7) is 3.28. The molecule has 0 atom stereocenters. The number of hydrogen-bond donors (Lipinski definition) is 1. The maximum atomic E-state index is 12.4. The third kappa shape index (κ3) is 2.98. The number of hydrogen-bond acceptors (Lipinski definition) is 1. The molecule has 0 saturated carbocycles. The zero-order valence-corrected chi connectivity index (χ0v) is 8.98. The third-order valence-corrected chi connectivity index (χ3v) is 2.16. The zero-order valence-electron chi connectivity index (χ0n) is 8.98. The second kappa shape index (κ2) is 4.55. The van der Waals surface area contributed by atoms with Crippen molar-refractivity contribution in [2.45, 2.75) is 26.4 Å². The number of rotatable bonds is 2. The van der Waals surface area contributed by atoms with Crippen LogP contribution in [-0.2, 0) is 11.0 Å². The van der Waals surface area contributed by atoms with Crippen molar-refractivity contribution in [3.05, 3.63) is 29.3 Å². The van der Waals surface area contributed by atoms with E-state index in [0.29, 0.717) is 5.56 Å². The van der Waals surface area contributed by atoms with Crippen LogP contribution in [0.15, 0.2) is 18.2 Å². The lowest BCUT2D eigenvalue weighted by molar-refractivity contribution is -0.137. The number of carbonyl (C=O) groups excluding carboxylic acids is 1. The third-order valence-electron chi connectivity index (χ3n) is 2.16. The van der Waals surface area contributed by atoms with E-state index in [1.165, 1.54) is 6.07 Å². The first kappa shape index (κ1) is 12.5. The summed E-state index contributed by atoms with van der Waals surface area (Å²) in [4.78, 5) is 11.1. The van der Waals surface area contributed by atoms with Gasteiger partial charge in [0.2, 0.25) is 5.91 Å². The standard InChI is InChI=1S/C11H12F3NO/c1-3-10(16)15-9-6-8(11(12,13)14)5-4-7(9)2/h4-6H,3H2,1-2H3,(H,15,16). The van der Waals surface area contributed by atoms with E-state index in [0.717, 1.165) is 12.1 Å². The molecule has 1 rings (SSSR count). The molecule has 0 aliphatic heterocycles. The number of aryl methyl sites for hydroxylation is 1. The van der Waals surface area contributed by atoms with Gasteiger partial charge in [0, 0.05) is 12.1 Å². The van der Waals surface area contributed by atoms with E-state index in [4.69, 9.17) is 0 Å². The number of carbonyl (C=O) groups is 1. The van der Waals surface area contributed by atoms with Crippen molar-refractivity contribution in [2.75, 3.05) is 5.32 Å². The highest BCUT2D eigenvalue weighted by atomic mass is 19.4. The highest BCUT2D eigenvalue weighted by Crippen LogP contribution is 2.31. The topological polar surface area (TPSA) is 29.1 Å². The molecule has 2 nitrogen and oxygen atoms in total. The number of alkyl halides is 3. The number of benzene rings is 1. The summed E-state index contributed by atoms with van der Waals surface area (Å²) in [7, 11) is 0. The maximum absolute atomic E-state index is 12.4. The van der Waals surface area contributed by atoms with Crippen LogP contribution in [0.1, 0.15) is 24.5 Å². The molecule has 88 valence electrons. The molecule has 1 amide bonds. The van der Waals surface area contributed by atoms with Gasteiger partial charge in [0.15, 0.2) is 0 Å². The van der Waals surface area contributed by atoms with Gasteiger partial charge in [0.25, 0.3) is 0 Å². The molecule has 0 saturated heterocycles. The minimum Gasteiger partial charge on any atom is -0.326 e. The molecule has 0 radical (unpaired) electrons. The van der Waals surface area contributed by atoms with Crippen molar-refractivity contribution in [3.8, 4) is 0 Å². The van der Waals surface area contributed by atoms with Gasteiger partial charge in [-0.15, -0.1) is 0 Å². The van der Waals surface area contributed by atoms with Gasteiger partial charge in [0.05, 0.1) is 5.56 Å². The lowest BCUT2D eigenvalue weighted by atomic mass is 10.1. The average molecular weight is 231 g/mol. The van der Waals surface area contributed by atoms with Crippen LogP contribution in [0.25, 0.3) is 0 Å². The molecule has 0 spiro atoms. The van der Waals surface area contributed by atoms with E-state index in [1.54, 1.807) is 13.8 Å². The van der Waals surface area contributed by atoms with E-state index in [9.17, 15) is 18.0 Å². The van der Waals surface area contributed by atoms with E-state index in [1.807, 2.05) is 0 Å². The van der Waals surface area contributed by atoms with E-state index >= 15 is 0 Å². The van der Waals surface area contributed by atoms with Crippen LogP contribution >= 0.6 is 0 Å². The van der Waals surface area contributed by atoms with E-state index in [2.05, 4.69) is 5.32 Å². The molecule has 0 heterocycles. The van der Waals surface area contributed by atoms with Gasteiger partial charge in [-0.3, -0.25) is 4.79 Å². The molecule has 0 fully saturated rings. The van der Waals surface area contributed by atoms with Crippen LogP contribution in [0.3, 0.4) is 0 Å². The minimum absolute atomic E-state index is 0.210. The van der Waals surface area contributed by atoms with Gasteiger partial charge in [-0.25, -0.2) is 0 Å². The van der Waals surface area contributed by atoms with Crippen molar-refractivity contribution in [1.82, 2.24) is 0 Å². The molecule has 1 aromatic carbocycles. The zero-order chi connectivity index (χ0) is 12.3. The second-order valence-corrected chi connectivity index (χ2v) is 3.43. The van der Waals surface area contributed by atoms with Gasteiger partial charge >= 0.3 is 6.18 Å². The maximum Gasteiger partial charge on any atom is 0.416 e. The Hall–Kier alpha value is -1.52. The molecule has 1 aromatic rings. The number of anilines is 1. The molecule has 16 heavy (non-hydrogen) atoms. The van der Waals surface area contributed by atoms with Crippen LogP contribution in [0, 0.1) is 6.92 Å². The molecule has 0 aliphatic rings. The minimum atomic E-state index is -4.39. The Balaban J connectivity index is 3.04. The van der Waals surface area contributed by atoms with Crippen molar-refractivity contribution in [2.24, 2.45) is 0 Å². The normalized spacial score (nSPS) is 11.3. The van der Waals surface area contributed by atoms with E-state index < -0.39 is 11.7 Å². The first-order valence-electron chi connectivity index (χ1n) is 4.82. The number of halogens is 3. The van der Waals surface area contributed by atoms with Crippen LogP contribution in [0.2, 0.25) is 0 Å². The first-order valence-corrected chi connectivity index (χ1v) is 4.82. The quantitative estimate of drug-likeness (QED) is 0.830. The number of amides is 1. The Morgan fingerprint density at radius 2 is 2.00 bits per heavy atom. The van der Waals surface area contributed by atoms with Crippen LogP contribution < -0.4 is 5.32 Å². The summed E-state index contributed by atoms with van der Waals surface area (Å²) in [5.74, 6) is -0.303. The van der Waals surface area contributed by atoms with Crippen LogP contribution in [0.4, 0.5) is 18.9 Å². The Morgan fingerprint density at radius 3 is 2.50 bits per heavy atom. The van der Waals surface area contributed by atoms with Crippen LogP contribution in [-0.4, -0.2) is 5.91 Å². The van der Waals surface area contributed by atoms with Gasteiger partial charge < -0.3 is 5.32 Å². The molecule has 0 aliphatic carbocycles. The number of nitrogens with one attached hydrogen (secondary N) is 1. The van der Waals surface area contributed by atoms with Gasteiger partial charge in [0.1, 0.15) is 0 Å². The molecule has 0 aromatic heterocycles. The first-order chi connectivity index (χ1) is 7.34. The lowest BCUT2D eigenvalue weighted by Crippen LogP contribution is -2.12. The average Bonchev–Trinajstić information content (AvgIpc) is 2.19. The summed E-state index contributed by atoms with van der Waals surface area (Å²) in [5.41, 5.74) is 0.0565. The SMILES string of the molecule is CCC(=O)Nc1cc(C(F)(F)F)ccc1C. The second-order valence-electron chi connectivity index (χ2n) is 3.43. The highest BCUT2D eigenvalue weighted by Gasteiger charge is 2.30. The summed E-state index contributed by atoms with van der Waals surface area (Å²) in [5, 5.41) is 2.43. The predicted octanol–water partition coefficient (Wildman–Crippen LogP) is 3.36. The van der Waals surface area contributed by atoms with E-state index in [-0.39, 0.29) is 18.0 Å². The fourth-order valence-electron chi connectivity index (χ4n) is 1.17.